The molecule has 3 N–H and O–H groups in total. The molecule has 0 aliphatic heterocycles. The highest BCUT2D eigenvalue weighted by Crippen LogP contribution is 2.44. The molecule has 1 fully saturated rings. The van der Waals surface area contributed by atoms with Crippen molar-refractivity contribution < 1.29 is 29.0 Å². The lowest BCUT2D eigenvalue weighted by Gasteiger charge is -2.36. The van der Waals surface area contributed by atoms with Crippen LogP contribution in [-0.2, 0) is 19.1 Å². The molecule has 1 saturated carbocycles. The van der Waals surface area contributed by atoms with E-state index in [1.807, 2.05) is 36.4 Å². The third-order valence-electron chi connectivity index (χ3n) is 7.22. The monoisotopic (exact) mass is 480 g/mol. The maximum Gasteiger partial charge on any atom is 0.407 e. The van der Waals surface area contributed by atoms with Gasteiger partial charge in [-0.1, -0.05) is 67.8 Å². The average molecular weight is 481 g/mol. The van der Waals surface area contributed by atoms with Crippen LogP contribution in [0.3, 0.4) is 0 Å². The van der Waals surface area contributed by atoms with Crippen LogP contribution in [0.25, 0.3) is 11.1 Å². The van der Waals surface area contributed by atoms with Crippen molar-refractivity contribution >= 4 is 18.0 Å². The number of carbonyl (C=O) groups excluding carboxylic acids is 2. The number of rotatable bonds is 8. The normalized spacial score (nSPS) is 18.0. The number of carbonyl (C=O) groups is 3. The van der Waals surface area contributed by atoms with Crippen molar-refractivity contribution in [2.24, 2.45) is 0 Å². The number of benzene rings is 2. The highest BCUT2D eigenvalue weighted by molar-refractivity contribution is 5.91. The predicted octanol–water partition coefficient (Wildman–Crippen LogP) is 3.83. The first-order chi connectivity index (χ1) is 16.9. The second-order valence-corrected chi connectivity index (χ2v) is 9.33. The molecule has 0 bridgehead atoms. The topological polar surface area (TPSA) is 114 Å². The van der Waals surface area contributed by atoms with E-state index < -0.39 is 35.7 Å². The summed E-state index contributed by atoms with van der Waals surface area (Å²) in [6, 6.07) is 14.9. The first kappa shape index (κ1) is 24.7. The quantitative estimate of drug-likeness (QED) is 0.529. The molecular formula is C27H32N2O6. The van der Waals surface area contributed by atoms with Crippen LogP contribution in [0.15, 0.2) is 48.5 Å². The summed E-state index contributed by atoms with van der Waals surface area (Å²) in [5, 5.41) is 15.1. The van der Waals surface area contributed by atoms with Gasteiger partial charge in [0.05, 0.1) is 6.10 Å². The summed E-state index contributed by atoms with van der Waals surface area (Å²) in [5.74, 6) is -1.77. The lowest BCUT2D eigenvalue weighted by atomic mass is 9.81. The van der Waals surface area contributed by atoms with E-state index in [9.17, 15) is 19.5 Å². The van der Waals surface area contributed by atoms with E-state index in [1.54, 1.807) is 6.92 Å². The molecule has 0 spiro atoms. The summed E-state index contributed by atoms with van der Waals surface area (Å²) in [6.07, 6.45) is 1.63. The van der Waals surface area contributed by atoms with Crippen LogP contribution in [-0.4, -0.2) is 54.5 Å². The van der Waals surface area contributed by atoms with Crippen molar-refractivity contribution in [2.45, 2.75) is 62.6 Å². The molecule has 2 aromatic rings. The van der Waals surface area contributed by atoms with Gasteiger partial charge < -0.3 is 25.2 Å². The zero-order valence-electron chi connectivity index (χ0n) is 20.1. The number of alkyl carbamates (subject to hydrolysis) is 1. The first-order valence-electron chi connectivity index (χ1n) is 12.1. The van der Waals surface area contributed by atoms with Crippen LogP contribution >= 0.6 is 0 Å². The van der Waals surface area contributed by atoms with Gasteiger partial charge in [-0.3, -0.25) is 4.79 Å². The van der Waals surface area contributed by atoms with E-state index in [0.717, 1.165) is 41.5 Å². The Kier molecular flexibility index (Phi) is 7.40. The van der Waals surface area contributed by atoms with Crippen molar-refractivity contribution in [3.63, 3.8) is 0 Å². The summed E-state index contributed by atoms with van der Waals surface area (Å²) in [4.78, 5) is 37.9. The Bertz CT molecular complexity index is 1050. The smallest absolute Gasteiger partial charge is 0.407 e. The lowest BCUT2D eigenvalue weighted by molar-refractivity contribution is -0.150. The Morgan fingerprint density at radius 3 is 2.11 bits per heavy atom. The number of ether oxygens (including phenoxy) is 2. The molecule has 0 aromatic heterocycles. The number of carboxylic acid groups (broad SMARTS) is 1. The average Bonchev–Trinajstić information content (AvgIpc) is 3.19. The molecular weight excluding hydrogens is 448 g/mol. The number of aliphatic carboxylic acids is 1. The zero-order valence-corrected chi connectivity index (χ0v) is 20.1. The highest BCUT2D eigenvalue weighted by atomic mass is 16.5. The van der Waals surface area contributed by atoms with Crippen LogP contribution in [0.5, 0.6) is 0 Å². The molecule has 2 unspecified atom stereocenters. The van der Waals surface area contributed by atoms with Crippen LogP contribution in [0.4, 0.5) is 4.79 Å². The lowest BCUT2D eigenvalue weighted by Crippen LogP contribution is -2.62. The SMILES string of the molecule is COC(C)C(NC(=O)OCC1c2ccccc2-c2ccccc21)C(=O)NC1(C(=O)O)CCCCC1. The largest absolute Gasteiger partial charge is 0.480 e. The van der Waals surface area contributed by atoms with Gasteiger partial charge in [0, 0.05) is 13.0 Å². The van der Waals surface area contributed by atoms with Crippen LogP contribution < -0.4 is 10.6 Å². The Labute approximate surface area is 205 Å². The first-order valence-corrected chi connectivity index (χ1v) is 12.1. The van der Waals surface area contributed by atoms with Crippen LogP contribution in [0, 0.1) is 0 Å². The van der Waals surface area contributed by atoms with Crippen molar-refractivity contribution in [1.82, 2.24) is 10.6 Å². The molecule has 0 saturated heterocycles. The summed E-state index contributed by atoms with van der Waals surface area (Å²) in [7, 11) is 1.43. The molecule has 4 rings (SSSR count). The van der Waals surface area contributed by atoms with Crippen molar-refractivity contribution in [3.8, 4) is 11.1 Å². The van der Waals surface area contributed by atoms with Gasteiger partial charge in [-0.05, 0) is 42.0 Å². The van der Waals surface area contributed by atoms with Gasteiger partial charge in [0.2, 0.25) is 5.91 Å². The van der Waals surface area contributed by atoms with E-state index >= 15 is 0 Å². The number of methoxy groups -OCH3 is 1. The maximum absolute atomic E-state index is 13.1. The Morgan fingerprint density at radius 2 is 1.57 bits per heavy atom. The van der Waals surface area contributed by atoms with Gasteiger partial charge in [-0.25, -0.2) is 9.59 Å². The fourth-order valence-corrected chi connectivity index (χ4v) is 5.16. The molecule has 0 radical (unpaired) electrons. The van der Waals surface area contributed by atoms with Gasteiger partial charge >= 0.3 is 12.1 Å². The number of hydrogen-bond donors (Lipinski definition) is 3. The molecule has 2 atom stereocenters. The van der Waals surface area contributed by atoms with Gasteiger partial charge in [-0.2, -0.15) is 0 Å². The Morgan fingerprint density at radius 1 is 1.00 bits per heavy atom. The summed E-state index contributed by atoms with van der Waals surface area (Å²) in [5.41, 5.74) is 3.08. The number of carboxylic acids is 1. The molecule has 8 heteroatoms. The van der Waals surface area contributed by atoms with Gasteiger partial charge in [0.1, 0.15) is 18.2 Å². The molecule has 2 aromatic carbocycles. The predicted molar refractivity (Wildman–Crippen MR) is 130 cm³/mol. The fraction of sp³-hybridized carbons (Fsp3) is 0.444. The minimum atomic E-state index is -1.33. The number of hydrogen-bond acceptors (Lipinski definition) is 5. The van der Waals surface area contributed by atoms with E-state index in [-0.39, 0.29) is 12.5 Å². The van der Waals surface area contributed by atoms with Gasteiger partial charge in [0.25, 0.3) is 0 Å². The maximum atomic E-state index is 13.1. The third kappa shape index (κ3) is 5.03. The number of nitrogens with one attached hydrogen (secondary N) is 2. The highest BCUT2D eigenvalue weighted by Gasteiger charge is 2.43. The fourth-order valence-electron chi connectivity index (χ4n) is 5.16. The van der Waals surface area contributed by atoms with Crippen molar-refractivity contribution in [2.75, 3.05) is 13.7 Å². The van der Waals surface area contributed by atoms with Crippen molar-refractivity contribution in [3.05, 3.63) is 59.7 Å². The van der Waals surface area contributed by atoms with Gasteiger partial charge in [0.15, 0.2) is 0 Å². The molecule has 2 amide bonds. The number of amides is 2. The Hall–Kier alpha value is -3.39. The van der Waals surface area contributed by atoms with Crippen molar-refractivity contribution in [1.29, 1.82) is 0 Å². The molecule has 2 aliphatic rings. The summed E-state index contributed by atoms with van der Waals surface area (Å²) >= 11 is 0. The Balaban J connectivity index is 1.44. The zero-order chi connectivity index (χ0) is 25.0. The summed E-state index contributed by atoms with van der Waals surface area (Å²) < 4.78 is 10.9. The van der Waals surface area contributed by atoms with Gasteiger partial charge in [-0.15, -0.1) is 0 Å². The summed E-state index contributed by atoms with van der Waals surface area (Å²) in [6.45, 7) is 1.75. The van der Waals surface area contributed by atoms with E-state index in [2.05, 4.69) is 22.8 Å². The van der Waals surface area contributed by atoms with E-state index in [0.29, 0.717) is 12.8 Å². The van der Waals surface area contributed by atoms with Crippen LogP contribution in [0.2, 0.25) is 0 Å². The van der Waals surface area contributed by atoms with E-state index in [1.165, 1.54) is 7.11 Å². The second-order valence-electron chi connectivity index (χ2n) is 9.33. The number of fused-ring (bicyclic) bond motifs is 3. The molecule has 35 heavy (non-hydrogen) atoms. The molecule has 0 heterocycles. The minimum absolute atomic E-state index is 0.106. The second kappa shape index (κ2) is 10.5. The standard InChI is InChI=1S/C27H32N2O6/c1-17(34-2)23(24(30)29-27(25(31)32)14-8-3-9-15-27)28-26(33)35-16-22-20-12-6-4-10-18(20)19-11-5-7-13-21(19)22/h4-7,10-13,17,22-23H,3,8-9,14-16H2,1-2H3,(H,28,33)(H,29,30)(H,31,32). The minimum Gasteiger partial charge on any atom is -0.480 e. The van der Waals surface area contributed by atoms with Crippen LogP contribution in [0.1, 0.15) is 56.1 Å². The molecule has 8 nitrogen and oxygen atoms in total. The molecule has 186 valence electrons. The van der Waals surface area contributed by atoms with E-state index in [4.69, 9.17) is 9.47 Å². The third-order valence-corrected chi connectivity index (χ3v) is 7.22. The molecule has 2 aliphatic carbocycles.